The van der Waals surface area contributed by atoms with Crippen molar-refractivity contribution in [3.63, 3.8) is 0 Å². The molecule has 0 aliphatic carbocycles. The van der Waals surface area contributed by atoms with Crippen LogP contribution in [-0.2, 0) is 4.79 Å². The fourth-order valence-corrected chi connectivity index (χ4v) is 1.54. The van der Waals surface area contributed by atoms with Crippen molar-refractivity contribution in [2.75, 3.05) is 18.9 Å². The standard InChI is InChI=1S/C13H15F2N3O/c1-4-18(3)13(19)8(2)17-12-10(14)5-9(7-16)6-11(12)15/h5-6,8,17H,4H2,1-3H3. The number of nitriles is 1. The summed E-state index contributed by atoms with van der Waals surface area (Å²) in [6.45, 7) is 3.82. The minimum Gasteiger partial charge on any atom is -0.369 e. The number of amides is 1. The van der Waals surface area contributed by atoms with Crippen LogP contribution in [0.1, 0.15) is 19.4 Å². The Labute approximate surface area is 110 Å². The number of hydrogen-bond acceptors (Lipinski definition) is 3. The number of carbonyl (C=O) groups is 1. The molecule has 4 nitrogen and oxygen atoms in total. The summed E-state index contributed by atoms with van der Waals surface area (Å²) in [5.74, 6) is -2.06. The van der Waals surface area contributed by atoms with Crippen molar-refractivity contribution in [1.82, 2.24) is 4.90 Å². The molecule has 1 rings (SSSR count). The number of carbonyl (C=O) groups excluding carboxylic acids is 1. The monoisotopic (exact) mass is 267 g/mol. The molecule has 19 heavy (non-hydrogen) atoms. The smallest absolute Gasteiger partial charge is 0.244 e. The molecular formula is C13H15F2N3O. The van der Waals surface area contributed by atoms with Gasteiger partial charge in [0.15, 0.2) is 11.6 Å². The van der Waals surface area contributed by atoms with Gasteiger partial charge in [0.25, 0.3) is 0 Å². The van der Waals surface area contributed by atoms with Crippen molar-refractivity contribution in [2.45, 2.75) is 19.9 Å². The van der Waals surface area contributed by atoms with Crippen molar-refractivity contribution in [2.24, 2.45) is 0 Å². The molecule has 0 fully saturated rings. The molecule has 1 aromatic carbocycles. The van der Waals surface area contributed by atoms with E-state index >= 15 is 0 Å². The highest BCUT2D eigenvalue weighted by molar-refractivity contribution is 5.84. The molecule has 102 valence electrons. The zero-order valence-corrected chi connectivity index (χ0v) is 11.0. The van der Waals surface area contributed by atoms with Gasteiger partial charge in [-0.3, -0.25) is 4.79 Å². The first-order valence-corrected chi connectivity index (χ1v) is 5.81. The Bertz CT molecular complexity index is 502. The molecule has 0 saturated carbocycles. The summed E-state index contributed by atoms with van der Waals surface area (Å²) in [6.07, 6.45) is 0. The summed E-state index contributed by atoms with van der Waals surface area (Å²) in [7, 11) is 1.60. The molecule has 0 aliphatic rings. The first kappa shape index (κ1) is 14.9. The summed E-state index contributed by atoms with van der Waals surface area (Å²) in [6, 6.07) is 2.74. The number of likely N-dealkylation sites (N-methyl/N-ethyl adjacent to an activating group) is 1. The zero-order valence-electron chi connectivity index (χ0n) is 11.0. The number of benzene rings is 1. The van der Waals surface area contributed by atoms with E-state index in [-0.39, 0.29) is 11.5 Å². The Kier molecular flexibility index (Phi) is 4.81. The van der Waals surface area contributed by atoms with Gasteiger partial charge in [0.05, 0.1) is 11.6 Å². The van der Waals surface area contributed by atoms with E-state index in [2.05, 4.69) is 5.32 Å². The summed E-state index contributed by atoms with van der Waals surface area (Å²) < 4.78 is 27.3. The Morgan fingerprint density at radius 2 is 2.00 bits per heavy atom. The number of rotatable bonds is 4. The quantitative estimate of drug-likeness (QED) is 0.909. The summed E-state index contributed by atoms with van der Waals surface area (Å²) in [4.78, 5) is 13.2. The normalized spacial score (nSPS) is 11.6. The molecule has 0 saturated heterocycles. The van der Waals surface area contributed by atoms with Crippen molar-refractivity contribution in [3.8, 4) is 6.07 Å². The Hall–Kier alpha value is -2.16. The van der Waals surface area contributed by atoms with E-state index < -0.39 is 23.4 Å². The average molecular weight is 267 g/mol. The fourth-order valence-electron chi connectivity index (χ4n) is 1.54. The minimum absolute atomic E-state index is 0.106. The number of anilines is 1. The first-order valence-electron chi connectivity index (χ1n) is 5.81. The van der Waals surface area contributed by atoms with Gasteiger partial charge in [0.2, 0.25) is 5.91 Å². The molecule has 1 aromatic rings. The third-order valence-corrected chi connectivity index (χ3v) is 2.75. The van der Waals surface area contributed by atoms with E-state index in [9.17, 15) is 13.6 Å². The minimum atomic E-state index is -0.893. The van der Waals surface area contributed by atoms with Gasteiger partial charge >= 0.3 is 0 Å². The van der Waals surface area contributed by atoms with Crippen LogP contribution >= 0.6 is 0 Å². The molecular weight excluding hydrogens is 252 g/mol. The largest absolute Gasteiger partial charge is 0.369 e. The molecule has 1 amide bonds. The highest BCUT2D eigenvalue weighted by Crippen LogP contribution is 2.21. The van der Waals surface area contributed by atoms with Gasteiger partial charge in [-0.15, -0.1) is 0 Å². The lowest BCUT2D eigenvalue weighted by atomic mass is 10.2. The number of nitrogens with one attached hydrogen (secondary N) is 1. The second kappa shape index (κ2) is 6.14. The summed E-state index contributed by atoms with van der Waals surface area (Å²) >= 11 is 0. The van der Waals surface area contributed by atoms with Crippen molar-refractivity contribution < 1.29 is 13.6 Å². The van der Waals surface area contributed by atoms with E-state index in [0.717, 1.165) is 12.1 Å². The molecule has 6 heteroatoms. The topological polar surface area (TPSA) is 56.1 Å². The van der Waals surface area contributed by atoms with Crippen LogP contribution in [0.25, 0.3) is 0 Å². The van der Waals surface area contributed by atoms with Gasteiger partial charge in [0.1, 0.15) is 11.7 Å². The molecule has 0 heterocycles. The van der Waals surface area contributed by atoms with Gasteiger partial charge in [0, 0.05) is 13.6 Å². The average Bonchev–Trinajstić information content (AvgIpc) is 2.40. The lowest BCUT2D eigenvalue weighted by molar-refractivity contribution is -0.130. The lowest BCUT2D eigenvalue weighted by Crippen LogP contribution is -2.39. The van der Waals surface area contributed by atoms with E-state index in [1.54, 1.807) is 20.0 Å². The van der Waals surface area contributed by atoms with Crippen LogP contribution in [0.15, 0.2) is 12.1 Å². The van der Waals surface area contributed by atoms with Crippen LogP contribution < -0.4 is 5.32 Å². The van der Waals surface area contributed by atoms with E-state index in [4.69, 9.17) is 5.26 Å². The Balaban J connectivity index is 2.95. The van der Waals surface area contributed by atoms with Crippen LogP contribution in [0.5, 0.6) is 0 Å². The maximum atomic E-state index is 13.6. The summed E-state index contributed by atoms with van der Waals surface area (Å²) in [5.41, 5.74) is -0.505. The molecule has 0 aromatic heterocycles. The van der Waals surface area contributed by atoms with Gasteiger partial charge in [-0.1, -0.05) is 0 Å². The number of nitrogens with zero attached hydrogens (tertiary/aromatic N) is 2. The maximum Gasteiger partial charge on any atom is 0.244 e. The zero-order chi connectivity index (χ0) is 14.6. The molecule has 0 bridgehead atoms. The van der Waals surface area contributed by atoms with Crippen LogP contribution in [0.3, 0.4) is 0 Å². The Morgan fingerprint density at radius 3 is 2.42 bits per heavy atom. The van der Waals surface area contributed by atoms with Crippen LogP contribution in [-0.4, -0.2) is 30.4 Å². The predicted molar refractivity (Wildman–Crippen MR) is 67.5 cm³/mol. The maximum absolute atomic E-state index is 13.6. The third kappa shape index (κ3) is 3.41. The fraction of sp³-hybridized carbons (Fsp3) is 0.385. The SMILES string of the molecule is CCN(C)C(=O)C(C)Nc1c(F)cc(C#N)cc1F. The molecule has 1 N–H and O–H groups in total. The second-order valence-corrected chi connectivity index (χ2v) is 4.15. The van der Waals surface area contributed by atoms with Gasteiger partial charge in [-0.25, -0.2) is 8.78 Å². The van der Waals surface area contributed by atoms with E-state index in [0.29, 0.717) is 6.54 Å². The molecule has 1 atom stereocenters. The van der Waals surface area contributed by atoms with Gasteiger partial charge in [-0.2, -0.15) is 5.26 Å². The highest BCUT2D eigenvalue weighted by atomic mass is 19.1. The predicted octanol–water partition coefficient (Wildman–Crippen LogP) is 2.12. The molecule has 0 radical (unpaired) electrons. The van der Waals surface area contributed by atoms with Crippen molar-refractivity contribution in [1.29, 1.82) is 5.26 Å². The third-order valence-electron chi connectivity index (χ3n) is 2.75. The summed E-state index contributed by atoms with van der Waals surface area (Å²) in [5, 5.41) is 11.1. The van der Waals surface area contributed by atoms with Gasteiger partial charge in [-0.05, 0) is 26.0 Å². The second-order valence-electron chi connectivity index (χ2n) is 4.15. The van der Waals surface area contributed by atoms with Crippen molar-refractivity contribution >= 4 is 11.6 Å². The van der Waals surface area contributed by atoms with Crippen LogP contribution in [0.4, 0.5) is 14.5 Å². The molecule has 0 spiro atoms. The van der Waals surface area contributed by atoms with Crippen LogP contribution in [0, 0.1) is 23.0 Å². The molecule has 0 aliphatic heterocycles. The number of halogens is 2. The van der Waals surface area contributed by atoms with Crippen LogP contribution in [0.2, 0.25) is 0 Å². The van der Waals surface area contributed by atoms with E-state index in [1.165, 1.54) is 11.8 Å². The highest BCUT2D eigenvalue weighted by Gasteiger charge is 2.20. The van der Waals surface area contributed by atoms with E-state index in [1.807, 2.05) is 0 Å². The lowest BCUT2D eigenvalue weighted by Gasteiger charge is -2.21. The van der Waals surface area contributed by atoms with Gasteiger partial charge < -0.3 is 10.2 Å². The first-order chi connectivity index (χ1) is 8.90. The Morgan fingerprint density at radius 1 is 1.47 bits per heavy atom. The molecule has 1 unspecified atom stereocenters. The van der Waals surface area contributed by atoms with Crippen molar-refractivity contribution in [3.05, 3.63) is 29.3 Å². The number of hydrogen-bond donors (Lipinski definition) is 1.